The highest BCUT2D eigenvalue weighted by Gasteiger charge is 2.37. The summed E-state index contributed by atoms with van der Waals surface area (Å²) in [5.74, 6) is -0.409. The van der Waals surface area contributed by atoms with E-state index in [1.807, 2.05) is 37.3 Å². The maximum Gasteiger partial charge on any atom is 0.263 e. The number of anilines is 1. The number of carbonyl (C=O) groups is 1. The minimum atomic E-state index is -0.763. The fraction of sp³-hybridized carbons (Fsp3) is 0.360. The van der Waals surface area contributed by atoms with E-state index in [2.05, 4.69) is 5.32 Å². The lowest BCUT2D eigenvalue weighted by molar-refractivity contribution is -0.123. The molecule has 1 amide bonds. The van der Waals surface area contributed by atoms with Gasteiger partial charge in [0.25, 0.3) is 5.56 Å². The van der Waals surface area contributed by atoms with Crippen molar-refractivity contribution >= 4 is 23.2 Å². The molecule has 5 rings (SSSR count). The molecule has 4 heterocycles. The third-order valence-corrected chi connectivity index (χ3v) is 6.40. The van der Waals surface area contributed by atoms with Gasteiger partial charge in [0.2, 0.25) is 5.91 Å². The number of fused-ring (bicyclic) bond motifs is 2. The number of amidine groups is 1. The lowest BCUT2D eigenvalue weighted by atomic mass is 9.92. The van der Waals surface area contributed by atoms with Crippen LogP contribution in [0.2, 0.25) is 0 Å². The molecule has 0 aliphatic carbocycles. The number of amides is 1. The van der Waals surface area contributed by atoms with Gasteiger partial charge in [0.15, 0.2) is 0 Å². The summed E-state index contributed by atoms with van der Waals surface area (Å²) in [6.45, 7) is 3.51. The van der Waals surface area contributed by atoms with Gasteiger partial charge in [-0.1, -0.05) is 35.9 Å². The molecule has 1 fully saturated rings. The Kier molecular flexibility index (Phi) is 5.68. The first kappa shape index (κ1) is 21.3. The Morgan fingerprint density at radius 3 is 2.82 bits per heavy atom. The first-order chi connectivity index (χ1) is 16.0. The maximum absolute atomic E-state index is 13.3. The summed E-state index contributed by atoms with van der Waals surface area (Å²) in [5.41, 5.74) is 2.89. The molecule has 2 aromatic heterocycles. The summed E-state index contributed by atoms with van der Waals surface area (Å²) in [6, 6.07) is 13.4. The Morgan fingerprint density at radius 2 is 2.06 bits per heavy atom. The van der Waals surface area contributed by atoms with Gasteiger partial charge in [0.05, 0.1) is 24.1 Å². The summed E-state index contributed by atoms with van der Waals surface area (Å²) in [5, 5.41) is 11.9. The lowest BCUT2D eigenvalue weighted by Gasteiger charge is -2.35. The number of nitrogens with zero attached hydrogens (tertiary/aromatic N) is 3. The molecule has 3 aromatic rings. The standard InChI is InChI=1S/C25H27N5O3/c1-16-7-9-17(10-8-16)15-30-22(26)19(24(31)27-14-18-5-4-12-33-18)13-20-23(30)28-21-6-2-3-11-29(21)25(20)32/h2-3,6-11,18-19,26H,4-5,12-15H2,1H3,(H,27,31). The molecule has 1 saturated heterocycles. The predicted octanol–water partition coefficient (Wildman–Crippen LogP) is 2.45. The minimum Gasteiger partial charge on any atom is -0.376 e. The Morgan fingerprint density at radius 1 is 1.24 bits per heavy atom. The van der Waals surface area contributed by atoms with Gasteiger partial charge in [0, 0.05) is 25.8 Å². The van der Waals surface area contributed by atoms with E-state index in [0.29, 0.717) is 36.7 Å². The second-order valence-electron chi connectivity index (χ2n) is 8.74. The van der Waals surface area contributed by atoms with Crippen LogP contribution in [0.5, 0.6) is 0 Å². The summed E-state index contributed by atoms with van der Waals surface area (Å²) >= 11 is 0. The zero-order chi connectivity index (χ0) is 22.9. The normalized spacial score (nSPS) is 20.2. The van der Waals surface area contributed by atoms with Gasteiger partial charge in [-0.15, -0.1) is 0 Å². The Bertz CT molecular complexity index is 1260. The van der Waals surface area contributed by atoms with Gasteiger partial charge in [-0.2, -0.15) is 0 Å². The first-order valence-electron chi connectivity index (χ1n) is 11.3. The van der Waals surface area contributed by atoms with Crippen LogP contribution in [0.3, 0.4) is 0 Å². The average Bonchev–Trinajstić information content (AvgIpc) is 3.35. The molecule has 2 unspecified atom stereocenters. The third kappa shape index (κ3) is 4.14. The smallest absolute Gasteiger partial charge is 0.263 e. The Hall–Kier alpha value is -3.52. The monoisotopic (exact) mass is 445 g/mol. The number of hydrogen-bond donors (Lipinski definition) is 2. The average molecular weight is 446 g/mol. The van der Waals surface area contributed by atoms with Crippen molar-refractivity contribution in [3.63, 3.8) is 0 Å². The van der Waals surface area contributed by atoms with E-state index in [1.54, 1.807) is 23.2 Å². The summed E-state index contributed by atoms with van der Waals surface area (Å²) in [6.07, 6.45) is 3.76. The van der Waals surface area contributed by atoms with Gasteiger partial charge >= 0.3 is 0 Å². The van der Waals surface area contributed by atoms with Crippen molar-refractivity contribution in [2.75, 3.05) is 18.1 Å². The molecule has 33 heavy (non-hydrogen) atoms. The van der Waals surface area contributed by atoms with Gasteiger partial charge in [-0.25, -0.2) is 4.98 Å². The van der Waals surface area contributed by atoms with E-state index in [0.717, 1.165) is 24.0 Å². The van der Waals surface area contributed by atoms with E-state index in [1.165, 1.54) is 4.40 Å². The molecular weight excluding hydrogens is 418 g/mol. The van der Waals surface area contributed by atoms with Crippen LogP contribution in [0.1, 0.15) is 29.5 Å². The summed E-state index contributed by atoms with van der Waals surface area (Å²) in [4.78, 5) is 32.9. The number of benzene rings is 1. The molecule has 8 heteroatoms. The Labute approximate surface area is 191 Å². The van der Waals surface area contributed by atoms with Crippen molar-refractivity contribution in [1.82, 2.24) is 14.7 Å². The van der Waals surface area contributed by atoms with E-state index < -0.39 is 5.92 Å². The molecule has 0 spiro atoms. The highest BCUT2D eigenvalue weighted by molar-refractivity contribution is 6.10. The largest absolute Gasteiger partial charge is 0.376 e. The van der Waals surface area contributed by atoms with Crippen molar-refractivity contribution in [3.05, 3.63) is 75.7 Å². The number of rotatable bonds is 5. The summed E-state index contributed by atoms with van der Waals surface area (Å²) < 4.78 is 7.11. The van der Waals surface area contributed by atoms with E-state index >= 15 is 0 Å². The van der Waals surface area contributed by atoms with Crippen LogP contribution >= 0.6 is 0 Å². The first-order valence-corrected chi connectivity index (χ1v) is 11.3. The lowest BCUT2D eigenvalue weighted by Crippen LogP contribution is -2.50. The number of pyridine rings is 1. The molecule has 0 radical (unpaired) electrons. The molecule has 2 N–H and O–H groups in total. The van der Waals surface area contributed by atoms with Crippen LogP contribution in [0.25, 0.3) is 5.65 Å². The van der Waals surface area contributed by atoms with E-state index in [-0.39, 0.29) is 29.8 Å². The van der Waals surface area contributed by atoms with Gasteiger partial charge in [-0.05, 0) is 37.5 Å². The second kappa shape index (κ2) is 8.78. The molecule has 2 atom stereocenters. The maximum atomic E-state index is 13.3. The van der Waals surface area contributed by atoms with Crippen molar-refractivity contribution in [2.45, 2.75) is 38.8 Å². The topological polar surface area (TPSA) is 99.8 Å². The van der Waals surface area contributed by atoms with E-state index in [4.69, 9.17) is 15.1 Å². The number of carbonyl (C=O) groups excluding carboxylic acids is 1. The zero-order valence-electron chi connectivity index (χ0n) is 18.6. The van der Waals surface area contributed by atoms with Gasteiger partial charge in [0.1, 0.15) is 17.3 Å². The molecule has 1 aromatic carbocycles. The van der Waals surface area contributed by atoms with Gasteiger partial charge in [-0.3, -0.25) is 19.4 Å². The third-order valence-electron chi connectivity index (χ3n) is 6.40. The fourth-order valence-electron chi connectivity index (χ4n) is 4.51. The summed E-state index contributed by atoms with van der Waals surface area (Å²) in [7, 11) is 0. The number of nitrogens with one attached hydrogen (secondary N) is 2. The number of hydrogen-bond acceptors (Lipinski definition) is 5. The van der Waals surface area contributed by atoms with Crippen LogP contribution in [0.4, 0.5) is 5.82 Å². The quantitative estimate of drug-likeness (QED) is 0.629. The molecule has 2 aliphatic heterocycles. The van der Waals surface area contributed by atoms with Crippen LogP contribution in [0, 0.1) is 18.3 Å². The number of aryl methyl sites for hydroxylation is 1. The van der Waals surface area contributed by atoms with Crippen molar-refractivity contribution in [2.24, 2.45) is 5.92 Å². The molecule has 2 aliphatic rings. The van der Waals surface area contributed by atoms with Crippen molar-refractivity contribution in [1.29, 1.82) is 5.41 Å². The van der Waals surface area contributed by atoms with Crippen molar-refractivity contribution < 1.29 is 9.53 Å². The SMILES string of the molecule is Cc1ccc(CN2C(=N)C(C(=O)NCC3CCCO3)Cc3c2nc2ccccn2c3=O)cc1. The van der Waals surface area contributed by atoms with Gasteiger partial charge < -0.3 is 15.0 Å². The van der Waals surface area contributed by atoms with Crippen LogP contribution < -0.4 is 15.8 Å². The zero-order valence-corrected chi connectivity index (χ0v) is 18.6. The molecule has 0 saturated carbocycles. The van der Waals surface area contributed by atoms with E-state index in [9.17, 15) is 9.59 Å². The number of ether oxygens (including phenoxy) is 1. The molecular formula is C25H27N5O3. The second-order valence-corrected chi connectivity index (χ2v) is 8.74. The molecule has 170 valence electrons. The fourth-order valence-corrected chi connectivity index (χ4v) is 4.51. The highest BCUT2D eigenvalue weighted by Crippen LogP contribution is 2.29. The van der Waals surface area contributed by atoms with Crippen LogP contribution in [-0.4, -0.2) is 40.4 Å². The minimum absolute atomic E-state index is 0.0129. The van der Waals surface area contributed by atoms with Crippen molar-refractivity contribution in [3.8, 4) is 0 Å². The number of aromatic nitrogens is 2. The molecule has 8 nitrogen and oxygen atoms in total. The van der Waals surface area contributed by atoms with Crippen LogP contribution in [-0.2, 0) is 22.5 Å². The predicted molar refractivity (Wildman–Crippen MR) is 126 cm³/mol. The molecule has 0 bridgehead atoms. The van der Waals surface area contributed by atoms with Crippen LogP contribution in [0.15, 0.2) is 53.5 Å². The highest BCUT2D eigenvalue weighted by atomic mass is 16.5. The Balaban J connectivity index is 1.51.